The van der Waals surface area contributed by atoms with E-state index in [1.807, 2.05) is 0 Å². The summed E-state index contributed by atoms with van der Waals surface area (Å²) in [7, 11) is -9.93. The maximum Gasteiger partial charge on any atom is 0.472 e. The fraction of sp³-hybridized carbons (Fsp3) is 0.955. The maximum absolute atomic E-state index is 13.2. The lowest BCUT2D eigenvalue weighted by atomic mass is 9.99. The molecule has 3 unspecified atom stereocenters. The zero-order valence-electron chi connectivity index (χ0n) is 70.8. The third-order valence-electron chi connectivity index (χ3n) is 20.9. The molecule has 0 aliphatic rings. The Kier molecular flexibility index (Phi) is 75.3. The van der Waals surface area contributed by atoms with Gasteiger partial charge < -0.3 is 33.8 Å². The molecule has 0 aliphatic heterocycles. The van der Waals surface area contributed by atoms with Gasteiger partial charge in [0.05, 0.1) is 26.4 Å². The predicted molar refractivity (Wildman–Crippen MR) is 441 cm³/mol. The van der Waals surface area contributed by atoms with Crippen LogP contribution < -0.4 is 0 Å². The number of phosphoric ester groups is 2. The topological polar surface area (TPSA) is 237 Å². The first kappa shape index (κ1) is 105. The summed E-state index contributed by atoms with van der Waals surface area (Å²) in [4.78, 5) is 73.3. The standard InChI is InChI=1S/C88H172O17P2/c1-9-81(8)67-59-51-43-38-39-45-53-61-69-86(91)99-75-84(105-88(93)71-63-55-47-37-31-30-34-42-50-58-66-80(6)7)77-103-107(96,97)101-73-82(89)72-100-106(94,95)102-76-83(104-87(92)70-62-54-46-36-29-25-21-17-13-11-15-19-23-27-33-41-49-57-65-79(4)5)74-98-85(90)68-60-52-44-35-28-24-20-16-12-10-14-18-22-26-32-40-48-56-64-78(2)3/h78-84,89H,9-77H2,1-8H3,(H,94,95)(H,96,97)/t81?,82-,83-,84-/m1/s1. The molecule has 107 heavy (non-hydrogen) atoms. The van der Waals surface area contributed by atoms with Crippen molar-refractivity contribution in [1.29, 1.82) is 0 Å². The number of aliphatic hydroxyl groups excluding tert-OH is 1. The summed E-state index contributed by atoms with van der Waals surface area (Å²) in [5.74, 6) is 1.07. The molecule has 6 atom stereocenters. The summed E-state index contributed by atoms with van der Waals surface area (Å²) in [6.45, 7) is 14.4. The van der Waals surface area contributed by atoms with Crippen LogP contribution in [0.5, 0.6) is 0 Å². The van der Waals surface area contributed by atoms with Crippen molar-refractivity contribution < 1.29 is 80.2 Å². The maximum atomic E-state index is 13.2. The molecule has 17 nitrogen and oxygen atoms in total. The molecule has 0 aromatic heterocycles. The van der Waals surface area contributed by atoms with Crippen molar-refractivity contribution >= 4 is 39.5 Å². The number of rotatable bonds is 85. The molecule has 0 heterocycles. The molecule has 636 valence electrons. The molecule has 19 heteroatoms. The van der Waals surface area contributed by atoms with E-state index in [9.17, 15) is 43.2 Å². The monoisotopic (exact) mass is 1560 g/mol. The summed E-state index contributed by atoms with van der Waals surface area (Å²) in [6.07, 6.45) is 66.7. The van der Waals surface area contributed by atoms with Crippen molar-refractivity contribution in [2.24, 2.45) is 23.7 Å². The molecular weight excluding hydrogens is 1390 g/mol. The summed E-state index contributed by atoms with van der Waals surface area (Å²) in [5, 5.41) is 10.7. The van der Waals surface area contributed by atoms with Gasteiger partial charge in [-0.2, -0.15) is 0 Å². The Morgan fingerprint density at radius 1 is 0.262 bits per heavy atom. The number of aliphatic hydroxyl groups is 1. The third-order valence-corrected chi connectivity index (χ3v) is 22.8. The Balaban J connectivity index is 5.23. The molecule has 0 spiro atoms. The number of esters is 4. The van der Waals surface area contributed by atoms with E-state index in [1.165, 1.54) is 263 Å². The van der Waals surface area contributed by atoms with Gasteiger partial charge in [-0.25, -0.2) is 9.13 Å². The van der Waals surface area contributed by atoms with E-state index in [-0.39, 0.29) is 25.7 Å². The highest BCUT2D eigenvalue weighted by atomic mass is 31.2. The zero-order chi connectivity index (χ0) is 78.8. The lowest BCUT2D eigenvalue weighted by Gasteiger charge is -2.21. The largest absolute Gasteiger partial charge is 0.472 e. The van der Waals surface area contributed by atoms with Crippen LogP contribution in [0.3, 0.4) is 0 Å². The first-order valence-corrected chi connectivity index (χ1v) is 48.2. The fourth-order valence-electron chi connectivity index (χ4n) is 13.6. The van der Waals surface area contributed by atoms with Gasteiger partial charge >= 0.3 is 39.5 Å². The number of carbonyl (C=O) groups is 4. The Morgan fingerprint density at radius 3 is 0.664 bits per heavy atom. The fourth-order valence-corrected chi connectivity index (χ4v) is 15.2. The van der Waals surface area contributed by atoms with Gasteiger partial charge in [0.25, 0.3) is 0 Å². The first-order chi connectivity index (χ1) is 51.6. The normalized spacial score (nSPS) is 14.1. The van der Waals surface area contributed by atoms with Crippen molar-refractivity contribution in [2.75, 3.05) is 39.6 Å². The second-order valence-electron chi connectivity index (χ2n) is 33.3. The highest BCUT2D eigenvalue weighted by Gasteiger charge is 2.31. The molecule has 0 rings (SSSR count). The van der Waals surface area contributed by atoms with Gasteiger partial charge in [-0.05, 0) is 49.4 Å². The molecule has 3 N–H and O–H groups in total. The number of unbranched alkanes of at least 4 members (excludes halogenated alkanes) is 50. The lowest BCUT2D eigenvalue weighted by molar-refractivity contribution is -0.161. The minimum atomic E-state index is -4.97. The van der Waals surface area contributed by atoms with Gasteiger partial charge in [-0.3, -0.25) is 37.3 Å². The third kappa shape index (κ3) is 80.5. The SMILES string of the molecule is CCC(C)CCCCCCCCCCC(=O)OC[C@H](COP(=O)(O)OC[C@H](O)COP(=O)(O)OC[C@@H](COC(=O)CCCCCCCCCCCCCCCCCCCCC(C)C)OC(=O)CCCCCCCCCCCCCCCCCCCCC(C)C)OC(=O)CCCCCCCCCCCCC(C)C. The number of ether oxygens (including phenoxy) is 4. The van der Waals surface area contributed by atoms with Crippen molar-refractivity contribution in [3.8, 4) is 0 Å². The molecular formula is C88H172O17P2. The number of hydrogen-bond donors (Lipinski definition) is 3. The summed E-state index contributed by atoms with van der Waals surface area (Å²) < 4.78 is 68.9. The molecule has 0 saturated carbocycles. The summed E-state index contributed by atoms with van der Waals surface area (Å²) >= 11 is 0. The van der Waals surface area contributed by atoms with Crippen LogP contribution in [0.15, 0.2) is 0 Å². The van der Waals surface area contributed by atoms with Crippen molar-refractivity contribution in [1.82, 2.24) is 0 Å². The van der Waals surface area contributed by atoms with E-state index in [1.54, 1.807) is 0 Å². The van der Waals surface area contributed by atoms with Crippen LogP contribution in [0, 0.1) is 23.7 Å². The smallest absolute Gasteiger partial charge is 0.462 e. The Morgan fingerprint density at radius 2 is 0.449 bits per heavy atom. The van der Waals surface area contributed by atoms with Crippen LogP contribution >= 0.6 is 15.6 Å². The van der Waals surface area contributed by atoms with Gasteiger partial charge in [-0.1, -0.05) is 409 Å². The van der Waals surface area contributed by atoms with E-state index in [2.05, 4.69) is 55.4 Å². The van der Waals surface area contributed by atoms with E-state index >= 15 is 0 Å². The van der Waals surface area contributed by atoms with Crippen LogP contribution in [0.1, 0.15) is 460 Å². The van der Waals surface area contributed by atoms with Crippen LogP contribution in [-0.2, 0) is 65.4 Å². The Labute approximate surface area is 658 Å². The Bertz CT molecular complexity index is 2080. The quantitative estimate of drug-likeness (QED) is 0.0222. The number of carbonyl (C=O) groups excluding carboxylic acids is 4. The second-order valence-corrected chi connectivity index (χ2v) is 36.2. The van der Waals surface area contributed by atoms with Crippen LogP contribution in [0.25, 0.3) is 0 Å². The average Bonchev–Trinajstić information content (AvgIpc) is 0.900. The van der Waals surface area contributed by atoms with E-state index in [0.29, 0.717) is 25.7 Å². The number of hydrogen-bond acceptors (Lipinski definition) is 15. The van der Waals surface area contributed by atoms with E-state index < -0.39 is 97.5 Å². The minimum absolute atomic E-state index is 0.105. The number of phosphoric acid groups is 2. The van der Waals surface area contributed by atoms with Gasteiger partial charge in [0.15, 0.2) is 12.2 Å². The van der Waals surface area contributed by atoms with E-state index in [0.717, 1.165) is 114 Å². The van der Waals surface area contributed by atoms with Gasteiger partial charge in [0, 0.05) is 25.7 Å². The zero-order valence-corrected chi connectivity index (χ0v) is 72.6. The molecule has 0 aliphatic carbocycles. The molecule has 0 radical (unpaired) electrons. The first-order valence-electron chi connectivity index (χ1n) is 45.2. The van der Waals surface area contributed by atoms with Crippen molar-refractivity contribution in [3.05, 3.63) is 0 Å². The van der Waals surface area contributed by atoms with E-state index in [4.69, 9.17) is 37.0 Å². The molecule has 0 bridgehead atoms. The lowest BCUT2D eigenvalue weighted by Crippen LogP contribution is -2.30. The second kappa shape index (κ2) is 76.7. The predicted octanol–water partition coefficient (Wildman–Crippen LogP) is 26.7. The molecule has 0 fully saturated rings. The Hall–Kier alpha value is -1.94. The minimum Gasteiger partial charge on any atom is -0.462 e. The van der Waals surface area contributed by atoms with Gasteiger partial charge in [0.1, 0.15) is 19.3 Å². The summed E-state index contributed by atoms with van der Waals surface area (Å²) in [6, 6.07) is 0. The molecule has 0 amide bonds. The molecule has 0 aromatic rings. The van der Waals surface area contributed by atoms with Gasteiger partial charge in [0.2, 0.25) is 0 Å². The van der Waals surface area contributed by atoms with Crippen LogP contribution in [0.2, 0.25) is 0 Å². The van der Waals surface area contributed by atoms with Crippen molar-refractivity contribution in [2.45, 2.75) is 478 Å². The van der Waals surface area contributed by atoms with Crippen LogP contribution in [0.4, 0.5) is 0 Å². The van der Waals surface area contributed by atoms with Gasteiger partial charge in [-0.15, -0.1) is 0 Å². The van der Waals surface area contributed by atoms with Crippen molar-refractivity contribution in [3.63, 3.8) is 0 Å². The molecule has 0 aromatic carbocycles. The summed E-state index contributed by atoms with van der Waals surface area (Å²) in [5.41, 5.74) is 0. The van der Waals surface area contributed by atoms with Crippen LogP contribution in [-0.4, -0.2) is 96.7 Å². The average molecular weight is 1560 g/mol. The highest BCUT2D eigenvalue weighted by molar-refractivity contribution is 7.47. The molecule has 0 saturated heterocycles. The highest BCUT2D eigenvalue weighted by Crippen LogP contribution is 2.45.